The number of nitrogens with one attached hydrogen (secondary N) is 2. The summed E-state index contributed by atoms with van der Waals surface area (Å²) in [5.74, 6) is 1.06. The zero-order valence-corrected chi connectivity index (χ0v) is 17.7. The Morgan fingerprint density at radius 1 is 1.10 bits per heavy atom. The highest BCUT2D eigenvalue weighted by Gasteiger charge is 2.28. The summed E-state index contributed by atoms with van der Waals surface area (Å²) >= 11 is 0. The number of benzene rings is 1. The van der Waals surface area contributed by atoms with Gasteiger partial charge in [-0.05, 0) is 56.0 Å². The van der Waals surface area contributed by atoms with Crippen molar-refractivity contribution in [1.82, 2.24) is 30.1 Å². The molecule has 1 saturated heterocycles. The van der Waals surface area contributed by atoms with Gasteiger partial charge in [-0.3, -0.25) is 9.88 Å². The largest absolute Gasteiger partial charge is 0.341 e. The van der Waals surface area contributed by atoms with Gasteiger partial charge in [-0.2, -0.15) is 0 Å². The Balaban J connectivity index is 1.34. The first kappa shape index (κ1) is 19.7. The third kappa shape index (κ3) is 4.41. The lowest BCUT2D eigenvalue weighted by Crippen LogP contribution is -2.44. The van der Waals surface area contributed by atoms with Gasteiger partial charge >= 0.3 is 0 Å². The average molecular weight is 405 g/mol. The first-order valence-corrected chi connectivity index (χ1v) is 11.4. The minimum Gasteiger partial charge on any atom is -0.341 e. The van der Waals surface area contributed by atoms with Gasteiger partial charge in [-0.1, -0.05) is 18.2 Å². The van der Waals surface area contributed by atoms with Crippen LogP contribution in [-0.2, 0) is 13.0 Å². The maximum atomic E-state index is 4.86. The molecule has 2 N–H and O–H groups in total. The lowest BCUT2D eigenvalue weighted by molar-refractivity contribution is 0.147. The van der Waals surface area contributed by atoms with Gasteiger partial charge in [0.25, 0.3) is 0 Å². The van der Waals surface area contributed by atoms with E-state index in [1.54, 1.807) is 0 Å². The Hall–Kier alpha value is -2.28. The number of aromatic amines is 1. The fourth-order valence-corrected chi connectivity index (χ4v) is 4.99. The summed E-state index contributed by atoms with van der Waals surface area (Å²) in [6.45, 7) is 7.64. The summed E-state index contributed by atoms with van der Waals surface area (Å²) in [7, 11) is 0. The predicted octanol–water partition coefficient (Wildman–Crippen LogP) is 3.13. The van der Waals surface area contributed by atoms with E-state index < -0.39 is 0 Å². The van der Waals surface area contributed by atoms with Gasteiger partial charge in [0.2, 0.25) is 0 Å². The summed E-state index contributed by atoms with van der Waals surface area (Å²) in [4.78, 5) is 18.4. The number of aromatic nitrogens is 3. The molecule has 6 nitrogen and oxygen atoms in total. The summed E-state index contributed by atoms with van der Waals surface area (Å²) in [5.41, 5.74) is 4.87. The Labute approximate surface area is 178 Å². The second kappa shape index (κ2) is 9.25. The van der Waals surface area contributed by atoms with E-state index in [1.807, 2.05) is 6.20 Å². The van der Waals surface area contributed by atoms with Gasteiger partial charge in [0, 0.05) is 38.9 Å². The normalized spacial score (nSPS) is 20.0. The van der Waals surface area contributed by atoms with E-state index in [0.717, 1.165) is 62.5 Å². The summed E-state index contributed by atoms with van der Waals surface area (Å²) in [6, 6.07) is 13.0. The molecule has 5 rings (SSSR count). The van der Waals surface area contributed by atoms with Crippen molar-refractivity contribution in [2.75, 3.05) is 39.3 Å². The highest BCUT2D eigenvalue weighted by atomic mass is 15.2. The van der Waals surface area contributed by atoms with Crippen molar-refractivity contribution in [3.63, 3.8) is 0 Å². The highest BCUT2D eigenvalue weighted by molar-refractivity contribution is 5.74. The number of para-hydroxylation sites is 2. The van der Waals surface area contributed by atoms with Crippen LogP contribution in [-0.4, -0.2) is 64.0 Å². The molecular formula is C24H32N6. The standard InChI is InChI=1S/C24H32N6/c1-2-9-21-20(8-1)27-23(28-21)18-30(15-5-14-29-16-12-25-13-17-29)22-10-3-6-19-7-4-11-26-24(19)22/h1-2,4,7-9,11,22,25H,3,5-6,10,12-18H2,(H,27,28)/t22-/m0/s1. The van der Waals surface area contributed by atoms with Gasteiger partial charge in [0.15, 0.2) is 0 Å². The minimum absolute atomic E-state index is 0.381. The quantitative estimate of drug-likeness (QED) is 0.634. The lowest BCUT2D eigenvalue weighted by Gasteiger charge is -2.35. The van der Waals surface area contributed by atoms with Gasteiger partial charge in [0.05, 0.1) is 29.3 Å². The first-order valence-electron chi connectivity index (χ1n) is 11.4. The number of fused-ring (bicyclic) bond motifs is 2. The van der Waals surface area contributed by atoms with E-state index in [4.69, 9.17) is 9.97 Å². The van der Waals surface area contributed by atoms with E-state index in [1.165, 1.54) is 37.1 Å². The minimum atomic E-state index is 0.381. The number of imidazole rings is 1. The maximum Gasteiger partial charge on any atom is 0.121 e. The lowest BCUT2D eigenvalue weighted by atomic mass is 9.90. The number of pyridine rings is 1. The predicted molar refractivity (Wildman–Crippen MR) is 120 cm³/mol. The van der Waals surface area contributed by atoms with E-state index in [0.29, 0.717) is 6.04 Å². The van der Waals surface area contributed by atoms with Crippen molar-refractivity contribution in [2.45, 2.75) is 38.3 Å². The van der Waals surface area contributed by atoms with Gasteiger partial charge < -0.3 is 15.2 Å². The van der Waals surface area contributed by atoms with Crippen LogP contribution in [0.5, 0.6) is 0 Å². The molecule has 158 valence electrons. The number of nitrogens with zero attached hydrogens (tertiary/aromatic N) is 4. The van der Waals surface area contributed by atoms with Crippen LogP contribution in [0.3, 0.4) is 0 Å². The molecule has 2 aliphatic rings. The van der Waals surface area contributed by atoms with Crippen molar-refractivity contribution in [2.24, 2.45) is 0 Å². The average Bonchev–Trinajstić information content (AvgIpc) is 3.21. The fraction of sp³-hybridized carbons (Fsp3) is 0.500. The number of H-pyrrole nitrogens is 1. The van der Waals surface area contributed by atoms with Crippen molar-refractivity contribution < 1.29 is 0 Å². The Morgan fingerprint density at radius 3 is 2.90 bits per heavy atom. The van der Waals surface area contributed by atoms with Gasteiger partial charge in [-0.15, -0.1) is 0 Å². The molecule has 0 bridgehead atoms. The number of hydrogen-bond acceptors (Lipinski definition) is 5. The van der Waals surface area contributed by atoms with Crippen molar-refractivity contribution >= 4 is 11.0 Å². The molecule has 3 heterocycles. The van der Waals surface area contributed by atoms with Gasteiger partial charge in [0.1, 0.15) is 5.82 Å². The van der Waals surface area contributed by atoms with E-state index in [2.05, 4.69) is 56.5 Å². The van der Waals surface area contributed by atoms with E-state index >= 15 is 0 Å². The highest BCUT2D eigenvalue weighted by Crippen LogP contribution is 2.33. The molecule has 30 heavy (non-hydrogen) atoms. The summed E-state index contributed by atoms with van der Waals surface area (Å²) < 4.78 is 0. The second-order valence-corrected chi connectivity index (χ2v) is 8.57. The van der Waals surface area contributed by atoms with Crippen LogP contribution >= 0.6 is 0 Å². The smallest absolute Gasteiger partial charge is 0.121 e. The number of hydrogen-bond donors (Lipinski definition) is 2. The van der Waals surface area contributed by atoms with E-state index in [9.17, 15) is 0 Å². The summed E-state index contributed by atoms with van der Waals surface area (Å²) in [6.07, 6.45) is 6.70. The molecule has 1 aromatic carbocycles. The third-order valence-corrected chi connectivity index (χ3v) is 6.53. The van der Waals surface area contributed by atoms with Crippen LogP contribution in [0.25, 0.3) is 11.0 Å². The summed E-state index contributed by atoms with van der Waals surface area (Å²) in [5, 5.41) is 3.45. The fourth-order valence-electron chi connectivity index (χ4n) is 4.99. The SMILES string of the molecule is c1cnc2c(c1)CCC[C@@H]2N(CCCN1CCNCC1)Cc1nc2ccccc2[nH]1. The Kier molecular flexibility index (Phi) is 6.06. The monoisotopic (exact) mass is 404 g/mol. The Morgan fingerprint density at radius 2 is 2.00 bits per heavy atom. The van der Waals surface area contributed by atoms with Crippen LogP contribution in [0.15, 0.2) is 42.6 Å². The number of rotatable bonds is 7. The molecule has 0 radical (unpaired) electrons. The third-order valence-electron chi connectivity index (χ3n) is 6.53. The van der Waals surface area contributed by atoms with Crippen molar-refractivity contribution in [3.8, 4) is 0 Å². The van der Waals surface area contributed by atoms with Crippen molar-refractivity contribution in [3.05, 3.63) is 59.7 Å². The zero-order chi connectivity index (χ0) is 20.2. The Bertz CT molecular complexity index is 928. The molecule has 6 heteroatoms. The van der Waals surface area contributed by atoms with Crippen LogP contribution in [0.4, 0.5) is 0 Å². The first-order chi connectivity index (χ1) is 14.9. The molecule has 0 amide bonds. The molecule has 3 aromatic rings. The molecule has 0 saturated carbocycles. The molecule has 1 aliphatic carbocycles. The molecule has 2 aromatic heterocycles. The molecular weight excluding hydrogens is 372 g/mol. The van der Waals surface area contributed by atoms with Crippen molar-refractivity contribution in [1.29, 1.82) is 0 Å². The second-order valence-electron chi connectivity index (χ2n) is 8.57. The van der Waals surface area contributed by atoms with Crippen LogP contribution in [0, 0.1) is 0 Å². The number of aryl methyl sites for hydroxylation is 1. The topological polar surface area (TPSA) is 60.1 Å². The molecule has 1 fully saturated rings. The molecule has 0 spiro atoms. The van der Waals surface area contributed by atoms with Crippen LogP contribution < -0.4 is 5.32 Å². The van der Waals surface area contributed by atoms with E-state index in [-0.39, 0.29) is 0 Å². The number of piperazine rings is 1. The van der Waals surface area contributed by atoms with Crippen LogP contribution in [0.1, 0.15) is 42.4 Å². The maximum absolute atomic E-state index is 4.86. The van der Waals surface area contributed by atoms with Gasteiger partial charge in [-0.25, -0.2) is 4.98 Å². The molecule has 1 atom stereocenters. The molecule has 0 unspecified atom stereocenters. The zero-order valence-electron chi connectivity index (χ0n) is 17.7. The molecule has 1 aliphatic heterocycles. The van der Waals surface area contributed by atoms with Crippen LogP contribution in [0.2, 0.25) is 0 Å².